The minimum absolute atomic E-state index is 0.0979. The number of carbonyl (C=O) groups is 6. The number of nitrogens with zero attached hydrogens (tertiary/aromatic N) is 5. The van der Waals surface area contributed by atoms with Crippen molar-refractivity contribution in [1.29, 1.82) is 0 Å². The number of hydrogen-bond donors (Lipinski definition) is 7. The third kappa shape index (κ3) is 13.8. The standard InChI is InChI=1S/C30H41ClN10O7S.C4H6O4/c1-3-12-40(13-4-2)21(42)17-48-22(43)8-11-35-49(46,47)20-7-5-6-19(16-20)28(45)41-14-9-30(10-15-41)18-34-29(39-30)38-27(44)23-25(32)37-26(33)24(31)36-23;5-3(6)1-2-4(7)8/h5-7,16,35H,3-4,8-15,17-18H2,1-2H3,(H4,32,33,37)(H2,34,38,39,44);1-2H2,(H,5,6)(H,7,8). The van der Waals surface area contributed by atoms with E-state index in [4.69, 9.17) is 38.0 Å². The molecule has 0 saturated carbocycles. The van der Waals surface area contributed by atoms with Gasteiger partial charge >= 0.3 is 17.9 Å². The third-order valence-electron chi connectivity index (χ3n) is 8.54. The van der Waals surface area contributed by atoms with Gasteiger partial charge in [0.1, 0.15) is 0 Å². The molecule has 0 unspecified atom stereocenters. The number of amides is 3. The van der Waals surface area contributed by atoms with E-state index in [0.29, 0.717) is 45.6 Å². The highest BCUT2D eigenvalue weighted by Crippen LogP contribution is 2.27. The Kier molecular flexibility index (Phi) is 16.9. The number of nitrogens with two attached hydrogens (primary N) is 2. The molecular weight excluding hydrogens is 792 g/mol. The van der Waals surface area contributed by atoms with Gasteiger partial charge in [-0.05, 0) is 43.9 Å². The van der Waals surface area contributed by atoms with E-state index in [-0.39, 0.29) is 76.5 Å². The first-order valence-corrected chi connectivity index (χ1v) is 19.7. The average Bonchev–Trinajstić information content (AvgIpc) is 3.55. The zero-order chi connectivity index (χ0) is 42.3. The van der Waals surface area contributed by atoms with Crippen molar-refractivity contribution in [1.82, 2.24) is 35.1 Å². The molecule has 1 aromatic heterocycles. The maximum Gasteiger partial charge on any atom is 0.307 e. The van der Waals surface area contributed by atoms with Crippen LogP contribution in [0.5, 0.6) is 0 Å². The Morgan fingerprint density at radius 1 is 0.982 bits per heavy atom. The van der Waals surface area contributed by atoms with Gasteiger partial charge in [0, 0.05) is 38.3 Å². The van der Waals surface area contributed by atoms with Gasteiger partial charge in [0.2, 0.25) is 10.0 Å². The first-order valence-electron chi connectivity index (χ1n) is 17.9. The number of sulfonamides is 1. The monoisotopic (exact) mass is 838 g/mol. The summed E-state index contributed by atoms with van der Waals surface area (Å²) >= 11 is 5.88. The molecule has 2 aliphatic heterocycles. The average molecular weight is 839 g/mol. The summed E-state index contributed by atoms with van der Waals surface area (Å²) in [5, 5.41) is 21.5. The van der Waals surface area contributed by atoms with E-state index in [1.54, 1.807) is 9.80 Å². The lowest BCUT2D eigenvalue weighted by atomic mass is 9.88. The van der Waals surface area contributed by atoms with Gasteiger partial charge in [0.15, 0.2) is 35.0 Å². The van der Waals surface area contributed by atoms with Gasteiger partial charge in [-0.15, -0.1) is 0 Å². The number of guanidine groups is 1. The number of halogens is 1. The zero-order valence-corrected chi connectivity index (χ0v) is 33.0. The van der Waals surface area contributed by atoms with Gasteiger partial charge in [-0.2, -0.15) is 0 Å². The van der Waals surface area contributed by atoms with Gasteiger partial charge < -0.3 is 41.5 Å². The number of nitrogen functional groups attached to an aromatic ring is 2. The van der Waals surface area contributed by atoms with Gasteiger partial charge in [-0.3, -0.25) is 39.1 Å². The lowest BCUT2D eigenvalue weighted by Gasteiger charge is -2.39. The van der Waals surface area contributed by atoms with Crippen LogP contribution >= 0.6 is 11.6 Å². The minimum Gasteiger partial charge on any atom is -0.481 e. The molecule has 0 aliphatic carbocycles. The van der Waals surface area contributed by atoms with Crippen molar-refractivity contribution >= 4 is 74.8 Å². The molecule has 2 aromatic rings. The highest BCUT2D eigenvalue weighted by atomic mass is 35.5. The number of aliphatic carboxylic acids is 2. The first-order chi connectivity index (χ1) is 26.9. The Balaban J connectivity index is 0.000000980. The predicted octanol–water partition coefficient (Wildman–Crippen LogP) is 0.454. The molecule has 4 rings (SSSR count). The lowest BCUT2D eigenvalue weighted by Crippen LogP contribution is -2.57. The molecule has 9 N–H and O–H groups in total. The molecule has 2 aliphatic rings. The van der Waals surface area contributed by atoms with Crippen LogP contribution in [0.25, 0.3) is 0 Å². The molecule has 0 radical (unpaired) electrons. The Labute approximate surface area is 333 Å². The number of aromatic nitrogens is 2. The number of piperidine rings is 1. The van der Waals surface area contributed by atoms with Crippen LogP contribution in [0.1, 0.15) is 79.6 Å². The second kappa shape index (κ2) is 21.1. The second-order valence-electron chi connectivity index (χ2n) is 13.0. The molecule has 1 aromatic carbocycles. The summed E-state index contributed by atoms with van der Waals surface area (Å²) in [7, 11) is -4.06. The molecule has 0 atom stereocenters. The molecule has 3 heterocycles. The van der Waals surface area contributed by atoms with Crippen molar-refractivity contribution in [3.63, 3.8) is 0 Å². The Hall–Kier alpha value is -5.61. The fourth-order valence-electron chi connectivity index (χ4n) is 5.60. The van der Waals surface area contributed by atoms with Crippen molar-refractivity contribution < 1.29 is 52.1 Å². The zero-order valence-electron chi connectivity index (χ0n) is 31.5. The largest absolute Gasteiger partial charge is 0.481 e. The smallest absolute Gasteiger partial charge is 0.307 e. The van der Waals surface area contributed by atoms with Crippen LogP contribution in [-0.2, 0) is 33.9 Å². The van der Waals surface area contributed by atoms with E-state index in [9.17, 15) is 37.2 Å². The number of rotatable bonds is 16. The summed E-state index contributed by atoms with van der Waals surface area (Å²) in [5.41, 5.74) is 10.8. The lowest BCUT2D eigenvalue weighted by molar-refractivity contribution is -0.152. The van der Waals surface area contributed by atoms with E-state index < -0.39 is 46.0 Å². The summed E-state index contributed by atoms with van der Waals surface area (Å²) in [6.07, 6.45) is 1.70. The molecule has 1 saturated heterocycles. The van der Waals surface area contributed by atoms with Crippen LogP contribution in [0.4, 0.5) is 11.6 Å². The highest BCUT2D eigenvalue weighted by molar-refractivity contribution is 7.89. The number of carboxylic acid groups (broad SMARTS) is 2. The Morgan fingerprint density at radius 2 is 1.61 bits per heavy atom. The van der Waals surface area contributed by atoms with Crippen LogP contribution in [0.15, 0.2) is 34.2 Å². The number of carbonyl (C=O) groups excluding carboxylic acids is 4. The SMILES string of the molecule is CCCN(CCC)C(=O)COC(=O)CCNS(=O)(=O)c1cccc(C(=O)N2CCC3(CC2)CN=C(NC(=O)c2nc(Cl)c(N)nc2N)N3)c1.O=C(O)CCC(=O)O. The van der Waals surface area contributed by atoms with Crippen molar-refractivity contribution in [2.24, 2.45) is 4.99 Å². The fourth-order valence-corrected chi connectivity index (χ4v) is 6.80. The van der Waals surface area contributed by atoms with Crippen molar-refractivity contribution in [3.05, 3.63) is 40.7 Å². The second-order valence-corrected chi connectivity index (χ2v) is 15.1. The molecule has 3 amide bonds. The molecule has 0 bridgehead atoms. The topological polar surface area (TPSA) is 319 Å². The van der Waals surface area contributed by atoms with Crippen LogP contribution < -0.4 is 26.8 Å². The van der Waals surface area contributed by atoms with Crippen LogP contribution in [0.3, 0.4) is 0 Å². The van der Waals surface area contributed by atoms with Crippen LogP contribution in [-0.4, -0.2) is 131 Å². The van der Waals surface area contributed by atoms with Gasteiger partial charge in [0.25, 0.3) is 17.7 Å². The number of anilines is 2. The van der Waals surface area contributed by atoms with E-state index in [2.05, 4.69) is 30.3 Å². The van der Waals surface area contributed by atoms with Gasteiger partial charge in [-0.25, -0.2) is 23.1 Å². The van der Waals surface area contributed by atoms with Crippen molar-refractivity contribution in [3.8, 4) is 0 Å². The van der Waals surface area contributed by atoms with Crippen molar-refractivity contribution in [2.45, 2.75) is 69.2 Å². The maximum absolute atomic E-state index is 13.4. The molecule has 23 heteroatoms. The minimum atomic E-state index is -4.06. The molecule has 1 fully saturated rings. The van der Waals surface area contributed by atoms with E-state index in [1.807, 2.05) is 13.8 Å². The number of aliphatic imine (C=N–C) groups is 1. The van der Waals surface area contributed by atoms with Crippen LogP contribution in [0, 0.1) is 0 Å². The summed E-state index contributed by atoms with van der Waals surface area (Å²) in [6.45, 7) is 5.43. The number of hydrogen-bond acceptors (Lipinski definition) is 15. The molecule has 1 spiro atoms. The highest BCUT2D eigenvalue weighted by Gasteiger charge is 2.40. The van der Waals surface area contributed by atoms with Gasteiger partial charge in [-0.1, -0.05) is 31.5 Å². The molecule has 57 heavy (non-hydrogen) atoms. The predicted molar refractivity (Wildman–Crippen MR) is 206 cm³/mol. The molecular formula is C34H47ClN10O11S. The van der Waals surface area contributed by atoms with Crippen molar-refractivity contribution in [2.75, 3.05) is 57.3 Å². The normalized spacial score (nSPS) is 14.4. The Bertz CT molecular complexity index is 1940. The number of esters is 1. The van der Waals surface area contributed by atoms with Crippen LogP contribution in [0.2, 0.25) is 5.15 Å². The summed E-state index contributed by atoms with van der Waals surface area (Å²) < 4.78 is 33.3. The van der Waals surface area contributed by atoms with E-state index in [0.717, 1.165) is 12.8 Å². The summed E-state index contributed by atoms with van der Waals surface area (Å²) in [6, 6.07) is 5.64. The quantitative estimate of drug-likeness (QED) is 0.113. The number of carboxylic acids is 2. The summed E-state index contributed by atoms with van der Waals surface area (Å²) in [5.74, 6) is -4.23. The van der Waals surface area contributed by atoms with E-state index >= 15 is 0 Å². The number of nitrogens with one attached hydrogen (secondary N) is 3. The van der Waals surface area contributed by atoms with E-state index in [1.165, 1.54) is 24.3 Å². The maximum atomic E-state index is 13.4. The number of benzene rings is 1. The molecule has 312 valence electrons. The first kappa shape index (κ1) is 45.8. The number of likely N-dealkylation sites (tertiary alicyclic amines) is 1. The van der Waals surface area contributed by atoms with Gasteiger partial charge in [0.05, 0.1) is 36.2 Å². The number of ether oxygens (including phenoxy) is 1. The summed E-state index contributed by atoms with van der Waals surface area (Å²) in [4.78, 5) is 85.0. The third-order valence-corrected chi connectivity index (χ3v) is 10.3. The fraction of sp³-hybridized carbons (Fsp3) is 0.500. The molecule has 21 nitrogen and oxygen atoms in total. The Morgan fingerprint density at radius 3 is 2.21 bits per heavy atom.